The van der Waals surface area contributed by atoms with Gasteiger partial charge in [0.05, 0.1) is 47.2 Å². The Morgan fingerprint density at radius 1 is 1.19 bits per heavy atom. The topological polar surface area (TPSA) is 82.4 Å². The van der Waals surface area contributed by atoms with Crippen LogP contribution in [-0.2, 0) is 18.3 Å². The number of ether oxygens (including phenoxy) is 4. The minimum atomic E-state index is -0.0353. The van der Waals surface area contributed by atoms with Gasteiger partial charge >= 0.3 is 0 Å². The van der Waals surface area contributed by atoms with Gasteiger partial charge in [-0.15, -0.1) is 24.0 Å². The van der Waals surface area contributed by atoms with Crippen LogP contribution in [0.2, 0.25) is 0 Å². The standard InChI is InChI=1S/C21H31N5O4.HI/c1-6-22-21(26-7-8-30-20(14-26)16-12-24-25(2)13-16)23-11-15-9-18(28-4)19(29-5)10-17(15)27-3;/h9-10,12-13,20H,6-8,11,14H2,1-5H3,(H,22,23);1H. The minimum absolute atomic E-state index is 0. The summed E-state index contributed by atoms with van der Waals surface area (Å²) in [5.74, 6) is 2.83. The highest BCUT2D eigenvalue weighted by Gasteiger charge is 2.25. The number of aromatic nitrogens is 2. The van der Waals surface area contributed by atoms with Gasteiger partial charge in [0.25, 0.3) is 0 Å². The van der Waals surface area contributed by atoms with Crippen LogP contribution in [0.5, 0.6) is 17.2 Å². The number of methoxy groups -OCH3 is 3. The maximum atomic E-state index is 5.96. The van der Waals surface area contributed by atoms with Gasteiger partial charge in [0.15, 0.2) is 17.5 Å². The number of benzene rings is 1. The molecule has 2 aromatic rings. The number of guanidine groups is 1. The Kier molecular flexibility index (Phi) is 9.69. The molecular formula is C21H32IN5O4. The van der Waals surface area contributed by atoms with Gasteiger partial charge in [-0.25, -0.2) is 4.99 Å². The molecule has 0 spiro atoms. The van der Waals surface area contributed by atoms with E-state index in [2.05, 4.69) is 22.2 Å². The zero-order valence-corrected chi connectivity index (χ0v) is 21.1. The third-order valence-electron chi connectivity index (χ3n) is 4.98. The first kappa shape index (κ1) is 25.1. The second kappa shape index (κ2) is 12.0. The second-order valence-electron chi connectivity index (χ2n) is 6.94. The number of rotatable bonds is 7. The Hall–Kier alpha value is -2.21. The van der Waals surface area contributed by atoms with Crippen molar-refractivity contribution in [1.29, 1.82) is 0 Å². The summed E-state index contributed by atoms with van der Waals surface area (Å²) in [4.78, 5) is 7.08. The van der Waals surface area contributed by atoms with E-state index < -0.39 is 0 Å². The van der Waals surface area contributed by atoms with Crippen LogP contribution in [-0.4, -0.2) is 68.2 Å². The maximum Gasteiger partial charge on any atom is 0.194 e. The monoisotopic (exact) mass is 545 g/mol. The molecule has 0 aliphatic carbocycles. The quantitative estimate of drug-likeness (QED) is 0.326. The Bertz CT molecular complexity index is 873. The van der Waals surface area contributed by atoms with Crippen molar-refractivity contribution < 1.29 is 18.9 Å². The van der Waals surface area contributed by atoms with Crippen molar-refractivity contribution in [2.75, 3.05) is 47.6 Å². The smallest absolute Gasteiger partial charge is 0.194 e. The fraction of sp³-hybridized carbons (Fsp3) is 0.524. The molecule has 9 nitrogen and oxygen atoms in total. The number of nitrogens with zero attached hydrogens (tertiary/aromatic N) is 4. The minimum Gasteiger partial charge on any atom is -0.496 e. The lowest BCUT2D eigenvalue weighted by molar-refractivity contribution is -0.00805. The van der Waals surface area contributed by atoms with Crippen molar-refractivity contribution in [3.8, 4) is 17.2 Å². The molecule has 1 unspecified atom stereocenters. The number of nitrogens with one attached hydrogen (secondary N) is 1. The molecular weight excluding hydrogens is 513 g/mol. The predicted octanol–water partition coefficient (Wildman–Crippen LogP) is 2.60. The summed E-state index contributed by atoms with van der Waals surface area (Å²) < 4.78 is 24.1. The molecule has 3 rings (SSSR count). The molecule has 1 aromatic carbocycles. The predicted molar refractivity (Wildman–Crippen MR) is 130 cm³/mol. The van der Waals surface area contributed by atoms with Crippen LogP contribution < -0.4 is 19.5 Å². The van der Waals surface area contributed by atoms with Gasteiger partial charge in [0.1, 0.15) is 11.9 Å². The molecule has 0 bridgehead atoms. The zero-order chi connectivity index (χ0) is 21.5. The summed E-state index contributed by atoms with van der Waals surface area (Å²) in [7, 11) is 6.77. The number of hydrogen-bond donors (Lipinski definition) is 1. The van der Waals surface area contributed by atoms with Crippen LogP contribution in [0, 0.1) is 0 Å². The van der Waals surface area contributed by atoms with E-state index in [9.17, 15) is 0 Å². The van der Waals surface area contributed by atoms with Crippen LogP contribution in [0.25, 0.3) is 0 Å². The van der Waals surface area contributed by atoms with Crippen molar-refractivity contribution >= 4 is 29.9 Å². The summed E-state index contributed by atoms with van der Waals surface area (Å²) in [6, 6.07) is 3.73. The third-order valence-corrected chi connectivity index (χ3v) is 4.98. The van der Waals surface area contributed by atoms with Gasteiger partial charge in [0, 0.05) is 43.5 Å². The Balaban J connectivity index is 0.00000341. The molecule has 1 fully saturated rings. The molecule has 2 heterocycles. The first-order valence-electron chi connectivity index (χ1n) is 10.0. The molecule has 31 heavy (non-hydrogen) atoms. The van der Waals surface area contributed by atoms with E-state index in [0.717, 1.165) is 30.2 Å². The zero-order valence-electron chi connectivity index (χ0n) is 18.8. The molecule has 1 aliphatic heterocycles. The summed E-state index contributed by atoms with van der Waals surface area (Å²) in [5.41, 5.74) is 1.99. The van der Waals surface area contributed by atoms with Gasteiger partial charge < -0.3 is 29.2 Å². The van der Waals surface area contributed by atoms with Gasteiger partial charge in [-0.3, -0.25) is 4.68 Å². The van der Waals surface area contributed by atoms with Crippen LogP contribution >= 0.6 is 24.0 Å². The van der Waals surface area contributed by atoms with Crippen molar-refractivity contribution in [3.63, 3.8) is 0 Å². The number of aryl methyl sites for hydroxylation is 1. The normalized spacial score (nSPS) is 16.5. The highest BCUT2D eigenvalue weighted by molar-refractivity contribution is 14.0. The van der Waals surface area contributed by atoms with Gasteiger partial charge in [-0.1, -0.05) is 0 Å². The first-order chi connectivity index (χ1) is 14.6. The SMILES string of the molecule is CCNC(=NCc1cc(OC)c(OC)cc1OC)N1CCOC(c2cnn(C)c2)C1.I. The third kappa shape index (κ3) is 6.16. The molecule has 0 radical (unpaired) electrons. The molecule has 1 N–H and O–H groups in total. The first-order valence-corrected chi connectivity index (χ1v) is 10.0. The van der Waals surface area contributed by atoms with E-state index in [1.54, 1.807) is 26.0 Å². The van der Waals surface area contributed by atoms with Crippen LogP contribution in [0.4, 0.5) is 0 Å². The van der Waals surface area contributed by atoms with Gasteiger partial charge in [-0.2, -0.15) is 5.10 Å². The molecule has 1 saturated heterocycles. The lowest BCUT2D eigenvalue weighted by atomic mass is 10.1. The Labute approximate surface area is 200 Å². The van der Waals surface area contributed by atoms with E-state index >= 15 is 0 Å². The summed E-state index contributed by atoms with van der Waals surface area (Å²) in [5, 5.41) is 7.65. The highest BCUT2D eigenvalue weighted by Crippen LogP contribution is 2.35. The highest BCUT2D eigenvalue weighted by atomic mass is 127. The van der Waals surface area contributed by atoms with Crippen molar-refractivity contribution in [2.24, 2.45) is 12.0 Å². The number of halogens is 1. The second-order valence-corrected chi connectivity index (χ2v) is 6.94. The van der Waals surface area contributed by atoms with Crippen molar-refractivity contribution in [2.45, 2.75) is 19.6 Å². The van der Waals surface area contributed by atoms with Crippen molar-refractivity contribution in [1.82, 2.24) is 20.0 Å². The molecule has 1 aliphatic rings. The maximum absolute atomic E-state index is 5.96. The lowest BCUT2D eigenvalue weighted by Gasteiger charge is -2.34. The summed E-state index contributed by atoms with van der Waals surface area (Å²) in [6.07, 6.45) is 3.81. The fourth-order valence-electron chi connectivity index (χ4n) is 3.45. The molecule has 0 amide bonds. The molecule has 0 saturated carbocycles. The van der Waals surface area contributed by atoms with Crippen LogP contribution in [0.1, 0.15) is 24.2 Å². The molecule has 1 aromatic heterocycles. The number of morpholine rings is 1. The van der Waals surface area contributed by atoms with E-state index in [4.69, 9.17) is 23.9 Å². The lowest BCUT2D eigenvalue weighted by Crippen LogP contribution is -2.48. The van der Waals surface area contributed by atoms with Gasteiger partial charge in [-0.05, 0) is 13.0 Å². The van der Waals surface area contributed by atoms with Crippen LogP contribution in [0.3, 0.4) is 0 Å². The van der Waals surface area contributed by atoms with E-state index in [1.807, 2.05) is 31.6 Å². The fourth-order valence-corrected chi connectivity index (χ4v) is 3.45. The summed E-state index contributed by atoms with van der Waals surface area (Å²) in [6.45, 7) is 5.39. The van der Waals surface area contributed by atoms with E-state index in [0.29, 0.717) is 36.9 Å². The van der Waals surface area contributed by atoms with Crippen LogP contribution in [0.15, 0.2) is 29.5 Å². The molecule has 172 valence electrons. The van der Waals surface area contributed by atoms with E-state index in [1.165, 1.54) is 0 Å². The van der Waals surface area contributed by atoms with Gasteiger partial charge in [0.2, 0.25) is 0 Å². The van der Waals surface area contributed by atoms with Crippen molar-refractivity contribution in [3.05, 3.63) is 35.7 Å². The number of aliphatic imine (C=N–C) groups is 1. The number of hydrogen-bond acceptors (Lipinski definition) is 6. The largest absolute Gasteiger partial charge is 0.496 e. The average Bonchev–Trinajstić information content (AvgIpc) is 3.22. The Morgan fingerprint density at radius 2 is 1.90 bits per heavy atom. The Morgan fingerprint density at radius 3 is 2.52 bits per heavy atom. The molecule has 1 atom stereocenters. The average molecular weight is 545 g/mol. The molecule has 10 heteroatoms. The summed E-state index contributed by atoms with van der Waals surface area (Å²) >= 11 is 0. The van der Waals surface area contributed by atoms with E-state index in [-0.39, 0.29) is 30.1 Å².